The van der Waals surface area contributed by atoms with E-state index in [9.17, 15) is 4.79 Å². The zero-order valence-corrected chi connectivity index (χ0v) is 16.6. The summed E-state index contributed by atoms with van der Waals surface area (Å²) in [6, 6.07) is 12.3. The lowest BCUT2D eigenvalue weighted by Crippen LogP contribution is -2.07. The van der Waals surface area contributed by atoms with Gasteiger partial charge in [-0.15, -0.1) is 0 Å². The summed E-state index contributed by atoms with van der Waals surface area (Å²) >= 11 is 0. The number of carbonyl (C=O) groups is 1. The molecular formula is C23H26O4. The third-order valence-electron chi connectivity index (χ3n) is 5.11. The van der Waals surface area contributed by atoms with E-state index in [0.29, 0.717) is 23.0 Å². The Hall–Kier alpha value is -2.75. The van der Waals surface area contributed by atoms with E-state index in [1.807, 2.05) is 19.1 Å². The Labute approximate surface area is 160 Å². The van der Waals surface area contributed by atoms with Gasteiger partial charge in [0, 0.05) is 5.57 Å². The lowest BCUT2D eigenvalue weighted by molar-refractivity contribution is -0.135. The van der Waals surface area contributed by atoms with E-state index in [-0.39, 0.29) is 5.97 Å². The smallest absolute Gasteiger partial charge is 0.334 e. The Morgan fingerprint density at radius 1 is 0.963 bits per heavy atom. The number of carbonyl (C=O) groups excluding carboxylic acids is 1. The molecule has 4 heteroatoms. The minimum absolute atomic E-state index is 0.342. The van der Waals surface area contributed by atoms with Crippen molar-refractivity contribution >= 4 is 11.5 Å². The number of hydrogen-bond acceptors (Lipinski definition) is 4. The molecule has 0 heterocycles. The molecule has 0 bridgehead atoms. The standard InChI is InChI=1S/C23H26O4/c1-14-12-20(25-3)21(26-4)13-19(14)22(15(2)23(24)27-5)18-10-8-17(9-11-18)16-6-7-16/h8-13,16H,6-7H2,1-5H3/b22-15+. The summed E-state index contributed by atoms with van der Waals surface area (Å²) in [6.07, 6.45) is 2.52. The summed E-state index contributed by atoms with van der Waals surface area (Å²) in [7, 11) is 4.63. The molecule has 3 rings (SSSR count). The zero-order valence-electron chi connectivity index (χ0n) is 16.6. The van der Waals surface area contributed by atoms with Crippen molar-refractivity contribution in [3.8, 4) is 11.5 Å². The highest BCUT2D eigenvalue weighted by Crippen LogP contribution is 2.41. The van der Waals surface area contributed by atoms with Crippen LogP contribution in [0.2, 0.25) is 0 Å². The molecule has 4 nitrogen and oxygen atoms in total. The highest BCUT2D eigenvalue weighted by Gasteiger charge is 2.24. The first kappa shape index (κ1) is 19.0. The van der Waals surface area contributed by atoms with Crippen LogP contribution in [0.1, 0.15) is 47.9 Å². The van der Waals surface area contributed by atoms with Crippen molar-refractivity contribution in [3.05, 3.63) is 64.2 Å². The van der Waals surface area contributed by atoms with Crippen molar-refractivity contribution in [2.24, 2.45) is 0 Å². The number of methoxy groups -OCH3 is 3. The Bertz CT molecular complexity index is 874. The molecule has 1 aliphatic rings. The van der Waals surface area contributed by atoms with Crippen LogP contribution in [0.25, 0.3) is 5.57 Å². The summed E-state index contributed by atoms with van der Waals surface area (Å²) in [5.74, 6) is 1.64. The minimum atomic E-state index is -0.342. The van der Waals surface area contributed by atoms with Gasteiger partial charge in [-0.25, -0.2) is 4.79 Å². The van der Waals surface area contributed by atoms with Gasteiger partial charge in [-0.2, -0.15) is 0 Å². The first-order valence-electron chi connectivity index (χ1n) is 9.12. The van der Waals surface area contributed by atoms with E-state index in [1.165, 1.54) is 25.5 Å². The van der Waals surface area contributed by atoms with E-state index >= 15 is 0 Å². The van der Waals surface area contributed by atoms with Crippen LogP contribution in [0.4, 0.5) is 0 Å². The lowest BCUT2D eigenvalue weighted by Gasteiger charge is -2.18. The largest absolute Gasteiger partial charge is 0.493 e. The summed E-state index contributed by atoms with van der Waals surface area (Å²) in [6.45, 7) is 3.80. The molecule has 2 aromatic rings. The SMILES string of the molecule is COC(=O)/C(C)=C(\c1ccc(C2CC2)cc1)c1cc(OC)c(OC)cc1C. The van der Waals surface area contributed by atoms with Crippen LogP contribution in [-0.4, -0.2) is 27.3 Å². The van der Waals surface area contributed by atoms with Crippen molar-refractivity contribution in [1.29, 1.82) is 0 Å². The highest BCUT2D eigenvalue weighted by molar-refractivity contribution is 6.01. The first-order chi connectivity index (χ1) is 13.0. The predicted molar refractivity (Wildman–Crippen MR) is 106 cm³/mol. The van der Waals surface area contributed by atoms with Crippen LogP contribution in [-0.2, 0) is 9.53 Å². The van der Waals surface area contributed by atoms with Crippen LogP contribution < -0.4 is 9.47 Å². The van der Waals surface area contributed by atoms with E-state index in [4.69, 9.17) is 14.2 Å². The molecular weight excluding hydrogens is 340 g/mol. The lowest BCUT2D eigenvalue weighted by atomic mass is 9.89. The predicted octanol–water partition coefficient (Wildman–Crippen LogP) is 4.88. The average molecular weight is 366 g/mol. The molecule has 142 valence electrons. The number of benzene rings is 2. The molecule has 0 aromatic heterocycles. The van der Waals surface area contributed by atoms with Gasteiger partial charge < -0.3 is 14.2 Å². The maximum absolute atomic E-state index is 12.3. The molecule has 0 unspecified atom stereocenters. The Kier molecular flexibility index (Phi) is 5.54. The van der Waals surface area contributed by atoms with Gasteiger partial charge in [0.15, 0.2) is 11.5 Å². The van der Waals surface area contributed by atoms with Crippen LogP contribution >= 0.6 is 0 Å². The van der Waals surface area contributed by atoms with Gasteiger partial charge in [-0.1, -0.05) is 24.3 Å². The average Bonchev–Trinajstić information content (AvgIpc) is 3.54. The van der Waals surface area contributed by atoms with Gasteiger partial charge in [-0.05, 0) is 72.6 Å². The van der Waals surface area contributed by atoms with Crippen LogP contribution in [0.15, 0.2) is 42.0 Å². The van der Waals surface area contributed by atoms with Gasteiger partial charge in [0.2, 0.25) is 0 Å². The number of aryl methyl sites for hydroxylation is 1. The normalized spacial score (nSPS) is 14.4. The molecule has 0 amide bonds. The Morgan fingerprint density at radius 3 is 2.07 bits per heavy atom. The van der Waals surface area contributed by atoms with Crippen LogP contribution in [0, 0.1) is 6.92 Å². The summed E-state index contributed by atoms with van der Waals surface area (Å²) in [5.41, 5.74) is 5.68. The number of esters is 1. The Morgan fingerprint density at radius 2 is 1.56 bits per heavy atom. The third kappa shape index (κ3) is 3.85. The van der Waals surface area contributed by atoms with Gasteiger partial charge in [0.05, 0.1) is 21.3 Å². The molecule has 1 saturated carbocycles. The summed E-state index contributed by atoms with van der Waals surface area (Å²) in [4.78, 5) is 12.3. The zero-order chi connectivity index (χ0) is 19.6. The molecule has 0 aliphatic heterocycles. The molecule has 0 N–H and O–H groups in total. The van der Waals surface area contributed by atoms with E-state index in [0.717, 1.165) is 22.3 Å². The van der Waals surface area contributed by atoms with Crippen molar-refractivity contribution in [2.75, 3.05) is 21.3 Å². The highest BCUT2D eigenvalue weighted by atomic mass is 16.5. The number of ether oxygens (including phenoxy) is 3. The second kappa shape index (κ2) is 7.87. The molecule has 0 atom stereocenters. The third-order valence-corrected chi connectivity index (χ3v) is 5.11. The monoisotopic (exact) mass is 366 g/mol. The fourth-order valence-corrected chi connectivity index (χ4v) is 3.42. The first-order valence-corrected chi connectivity index (χ1v) is 9.12. The van der Waals surface area contributed by atoms with Crippen molar-refractivity contribution in [1.82, 2.24) is 0 Å². The fraction of sp³-hybridized carbons (Fsp3) is 0.348. The molecule has 0 saturated heterocycles. The summed E-state index contributed by atoms with van der Waals surface area (Å²) < 4.78 is 15.9. The van der Waals surface area contributed by atoms with Gasteiger partial charge in [0.25, 0.3) is 0 Å². The van der Waals surface area contributed by atoms with Gasteiger partial charge >= 0.3 is 5.97 Å². The fourth-order valence-electron chi connectivity index (χ4n) is 3.42. The van der Waals surface area contributed by atoms with Crippen molar-refractivity contribution in [3.63, 3.8) is 0 Å². The topological polar surface area (TPSA) is 44.8 Å². The second-order valence-electron chi connectivity index (χ2n) is 6.91. The molecule has 0 spiro atoms. The molecule has 1 fully saturated rings. The Balaban J connectivity index is 2.17. The van der Waals surface area contributed by atoms with E-state index in [2.05, 4.69) is 24.3 Å². The molecule has 1 aliphatic carbocycles. The van der Waals surface area contributed by atoms with Gasteiger partial charge in [-0.3, -0.25) is 0 Å². The molecule has 2 aromatic carbocycles. The number of rotatable bonds is 6. The molecule has 27 heavy (non-hydrogen) atoms. The van der Waals surface area contributed by atoms with Crippen LogP contribution in [0.5, 0.6) is 11.5 Å². The van der Waals surface area contributed by atoms with E-state index in [1.54, 1.807) is 21.1 Å². The summed E-state index contributed by atoms with van der Waals surface area (Å²) in [5, 5.41) is 0. The van der Waals surface area contributed by atoms with E-state index < -0.39 is 0 Å². The van der Waals surface area contributed by atoms with Crippen LogP contribution in [0.3, 0.4) is 0 Å². The van der Waals surface area contributed by atoms with Crippen molar-refractivity contribution in [2.45, 2.75) is 32.6 Å². The number of hydrogen-bond donors (Lipinski definition) is 0. The minimum Gasteiger partial charge on any atom is -0.493 e. The maximum Gasteiger partial charge on any atom is 0.334 e. The van der Waals surface area contributed by atoms with Gasteiger partial charge in [0.1, 0.15) is 0 Å². The quantitative estimate of drug-likeness (QED) is 0.540. The molecule has 0 radical (unpaired) electrons. The van der Waals surface area contributed by atoms with Crippen molar-refractivity contribution < 1.29 is 19.0 Å². The second-order valence-corrected chi connectivity index (χ2v) is 6.91. The maximum atomic E-state index is 12.3.